The second-order valence-electron chi connectivity index (χ2n) is 5.24. The number of nitrogens with zero attached hydrogens (tertiary/aromatic N) is 1. The van der Waals surface area contributed by atoms with E-state index in [9.17, 15) is 9.59 Å². The molecule has 2 atom stereocenters. The third-order valence-electron chi connectivity index (χ3n) is 3.82. The highest BCUT2D eigenvalue weighted by molar-refractivity contribution is 7.19. The number of carbonyl (C=O) groups is 2. The largest absolute Gasteiger partial charge is 0.465 e. The average Bonchev–Trinajstić information content (AvgIpc) is 2.90. The van der Waals surface area contributed by atoms with Gasteiger partial charge in [0.05, 0.1) is 18.4 Å². The maximum Gasteiger partial charge on any atom is 0.350 e. The van der Waals surface area contributed by atoms with Gasteiger partial charge in [0.15, 0.2) is 0 Å². The summed E-state index contributed by atoms with van der Waals surface area (Å²) in [5, 5.41) is 0.673. The zero-order valence-corrected chi connectivity index (χ0v) is 12.6. The lowest BCUT2D eigenvalue weighted by Gasteiger charge is -2.17. The van der Waals surface area contributed by atoms with E-state index in [-0.39, 0.29) is 16.1 Å². The summed E-state index contributed by atoms with van der Waals surface area (Å²) in [5.74, 6) is -0.126. The third-order valence-corrected chi connectivity index (χ3v) is 5.07. The van der Waals surface area contributed by atoms with E-state index >= 15 is 0 Å². The van der Waals surface area contributed by atoms with Crippen molar-refractivity contribution in [2.75, 3.05) is 30.8 Å². The van der Waals surface area contributed by atoms with Crippen LogP contribution in [-0.4, -0.2) is 32.1 Å². The summed E-state index contributed by atoms with van der Waals surface area (Å²) in [7, 11) is 1.28. The Kier molecular flexibility index (Phi) is 3.89. The Balaban J connectivity index is 2.47. The summed E-state index contributed by atoms with van der Waals surface area (Å²) in [4.78, 5) is 25.7. The van der Waals surface area contributed by atoms with Crippen LogP contribution >= 0.6 is 11.3 Å². The average molecular weight is 297 g/mol. The van der Waals surface area contributed by atoms with Crippen LogP contribution in [0.25, 0.3) is 0 Å². The smallest absolute Gasteiger partial charge is 0.350 e. The van der Waals surface area contributed by atoms with Gasteiger partial charge in [0, 0.05) is 13.1 Å². The zero-order valence-electron chi connectivity index (χ0n) is 11.8. The predicted octanol–water partition coefficient (Wildman–Crippen LogP) is 1.31. The first-order chi connectivity index (χ1) is 9.36. The summed E-state index contributed by atoms with van der Waals surface area (Å²) in [5.41, 5.74) is 11.7. The molecule has 1 aliphatic rings. The molecular weight excluding hydrogens is 278 g/mol. The van der Waals surface area contributed by atoms with Gasteiger partial charge in [0.25, 0.3) is 5.91 Å². The Bertz CT molecular complexity index is 545. The molecule has 110 valence electrons. The second-order valence-corrected chi connectivity index (χ2v) is 6.24. The van der Waals surface area contributed by atoms with Crippen LogP contribution in [0.4, 0.5) is 10.7 Å². The number of esters is 1. The summed E-state index contributed by atoms with van der Waals surface area (Å²) in [6.45, 7) is 5.96. The van der Waals surface area contributed by atoms with Crippen LogP contribution in [0.2, 0.25) is 0 Å². The number of nitrogen functional groups attached to an aromatic ring is 1. The number of methoxy groups -OCH3 is 1. The summed E-state index contributed by atoms with van der Waals surface area (Å²) < 4.78 is 4.69. The molecule has 2 unspecified atom stereocenters. The molecule has 0 saturated carbocycles. The van der Waals surface area contributed by atoms with Crippen molar-refractivity contribution in [3.05, 3.63) is 10.4 Å². The maximum atomic E-state index is 11.7. The minimum Gasteiger partial charge on any atom is -0.465 e. The van der Waals surface area contributed by atoms with E-state index in [0.29, 0.717) is 16.8 Å². The Hall–Kier alpha value is -1.76. The van der Waals surface area contributed by atoms with Gasteiger partial charge in [-0.2, -0.15) is 0 Å². The van der Waals surface area contributed by atoms with Crippen LogP contribution in [0.3, 0.4) is 0 Å². The van der Waals surface area contributed by atoms with Crippen molar-refractivity contribution in [3.8, 4) is 0 Å². The molecule has 1 fully saturated rings. The number of hydrogen-bond donors (Lipinski definition) is 2. The summed E-state index contributed by atoms with van der Waals surface area (Å²) in [6, 6.07) is 0. The highest BCUT2D eigenvalue weighted by Crippen LogP contribution is 2.41. The van der Waals surface area contributed by atoms with Crippen molar-refractivity contribution in [1.29, 1.82) is 0 Å². The summed E-state index contributed by atoms with van der Waals surface area (Å²) >= 11 is 1.17. The van der Waals surface area contributed by atoms with Gasteiger partial charge in [-0.3, -0.25) is 4.79 Å². The van der Waals surface area contributed by atoms with Gasteiger partial charge in [-0.05, 0) is 11.8 Å². The molecule has 7 heteroatoms. The molecule has 6 nitrogen and oxygen atoms in total. The predicted molar refractivity (Wildman–Crippen MR) is 79.1 cm³/mol. The first kappa shape index (κ1) is 14.6. The Labute approximate surface area is 121 Å². The van der Waals surface area contributed by atoms with E-state index in [4.69, 9.17) is 16.2 Å². The standard InChI is InChI=1S/C13H19N3O3S/c1-6-4-16(5-7(6)2)12-8(11(15)17)9(14)10(20-12)13(18)19-3/h6-7H,4-5,14H2,1-3H3,(H2,15,17). The first-order valence-corrected chi connectivity index (χ1v) is 7.23. The Morgan fingerprint density at radius 1 is 1.30 bits per heavy atom. The molecule has 1 amide bonds. The number of anilines is 2. The molecule has 1 aromatic heterocycles. The quantitative estimate of drug-likeness (QED) is 0.820. The molecule has 1 saturated heterocycles. The number of amides is 1. The van der Waals surface area contributed by atoms with Gasteiger partial charge in [-0.15, -0.1) is 11.3 Å². The lowest BCUT2D eigenvalue weighted by atomic mass is 10.0. The van der Waals surface area contributed by atoms with Crippen molar-refractivity contribution in [2.45, 2.75) is 13.8 Å². The molecule has 1 aliphatic heterocycles. The van der Waals surface area contributed by atoms with E-state index in [1.54, 1.807) is 0 Å². The SMILES string of the molecule is COC(=O)c1sc(N2CC(C)C(C)C2)c(C(N)=O)c1N. The lowest BCUT2D eigenvalue weighted by Crippen LogP contribution is -2.23. The number of rotatable bonds is 3. The molecule has 2 heterocycles. The van der Waals surface area contributed by atoms with E-state index in [1.807, 2.05) is 0 Å². The normalized spacial score (nSPS) is 22.1. The van der Waals surface area contributed by atoms with Gasteiger partial charge in [0.1, 0.15) is 9.88 Å². The first-order valence-electron chi connectivity index (χ1n) is 6.42. The van der Waals surface area contributed by atoms with Crippen LogP contribution in [0.1, 0.15) is 33.9 Å². The van der Waals surface area contributed by atoms with Crippen LogP contribution in [-0.2, 0) is 4.74 Å². The Morgan fingerprint density at radius 3 is 2.30 bits per heavy atom. The van der Waals surface area contributed by atoms with Crippen molar-refractivity contribution in [1.82, 2.24) is 0 Å². The monoisotopic (exact) mass is 297 g/mol. The molecule has 0 spiro atoms. The summed E-state index contributed by atoms with van der Waals surface area (Å²) in [6.07, 6.45) is 0. The maximum absolute atomic E-state index is 11.7. The third kappa shape index (κ3) is 2.33. The van der Waals surface area contributed by atoms with E-state index in [1.165, 1.54) is 18.4 Å². The lowest BCUT2D eigenvalue weighted by molar-refractivity contribution is 0.0607. The molecule has 0 aliphatic carbocycles. The molecule has 1 aromatic rings. The minimum atomic E-state index is -0.615. The molecular formula is C13H19N3O3S. The molecule has 0 aromatic carbocycles. The van der Waals surface area contributed by atoms with Crippen molar-refractivity contribution in [3.63, 3.8) is 0 Å². The second kappa shape index (κ2) is 5.32. The number of primary amides is 1. The van der Waals surface area contributed by atoms with Gasteiger partial charge in [0.2, 0.25) is 0 Å². The van der Waals surface area contributed by atoms with Crippen LogP contribution in [0.5, 0.6) is 0 Å². The minimum absolute atomic E-state index is 0.122. The van der Waals surface area contributed by atoms with E-state index < -0.39 is 11.9 Å². The van der Waals surface area contributed by atoms with Gasteiger partial charge < -0.3 is 21.1 Å². The van der Waals surface area contributed by atoms with Crippen molar-refractivity contribution >= 4 is 33.9 Å². The number of thiophene rings is 1. The van der Waals surface area contributed by atoms with Gasteiger partial charge in [-0.25, -0.2) is 4.79 Å². The number of hydrogen-bond acceptors (Lipinski definition) is 6. The zero-order chi connectivity index (χ0) is 15.0. The van der Waals surface area contributed by atoms with Crippen molar-refractivity contribution < 1.29 is 14.3 Å². The Morgan fingerprint density at radius 2 is 1.85 bits per heavy atom. The fraction of sp³-hybridized carbons (Fsp3) is 0.538. The van der Waals surface area contributed by atoms with Gasteiger partial charge >= 0.3 is 5.97 Å². The highest BCUT2D eigenvalue weighted by Gasteiger charge is 2.33. The fourth-order valence-electron chi connectivity index (χ4n) is 2.43. The fourth-order valence-corrected chi connectivity index (χ4v) is 3.59. The van der Waals surface area contributed by atoms with Gasteiger partial charge in [-0.1, -0.05) is 13.8 Å². The number of carbonyl (C=O) groups excluding carboxylic acids is 2. The molecule has 4 N–H and O–H groups in total. The molecule has 0 radical (unpaired) electrons. The molecule has 20 heavy (non-hydrogen) atoms. The van der Waals surface area contributed by atoms with E-state index in [0.717, 1.165) is 13.1 Å². The number of ether oxygens (including phenoxy) is 1. The van der Waals surface area contributed by atoms with E-state index in [2.05, 4.69) is 18.7 Å². The molecule has 0 bridgehead atoms. The highest BCUT2D eigenvalue weighted by atomic mass is 32.1. The number of nitrogens with two attached hydrogens (primary N) is 2. The topological polar surface area (TPSA) is 98.6 Å². The van der Waals surface area contributed by atoms with Crippen LogP contribution < -0.4 is 16.4 Å². The molecule has 2 rings (SSSR count). The van der Waals surface area contributed by atoms with Crippen LogP contribution in [0.15, 0.2) is 0 Å². The van der Waals surface area contributed by atoms with Crippen molar-refractivity contribution in [2.24, 2.45) is 17.6 Å². The van der Waals surface area contributed by atoms with Crippen LogP contribution in [0, 0.1) is 11.8 Å².